The molecule has 33 heavy (non-hydrogen) atoms. The minimum atomic E-state index is -0.301. The summed E-state index contributed by atoms with van der Waals surface area (Å²) in [5.74, 6) is -0.199. The lowest BCUT2D eigenvalue weighted by Crippen LogP contribution is -2.40. The van der Waals surface area contributed by atoms with E-state index in [1.165, 1.54) is 34.4 Å². The van der Waals surface area contributed by atoms with Gasteiger partial charge in [0.15, 0.2) is 5.78 Å². The van der Waals surface area contributed by atoms with Gasteiger partial charge in [0, 0.05) is 16.7 Å². The van der Waals surface area contributed by atoms with Gasteiger partial charge in [-0.25, -0.2) is 4.39 Å². The number of rotatable bonds is 6. The molecule has 2 nitrogen and oxygen atoms in total. The second kappa shape index (κ2) is 9.44. The Kier molecular flexibility index (Phi) is 6.40. The highest BCUT2D eigenvalue weighted by Gasteiger charge is 2.46. The fourth-order valence-electron chi connectivity index (χ4n) is 5.34. The van der Waals surface area contributed by atoms with E-state index >= 15 is 0 Å². The van der Waals surface area contributed by atoms with Crippen molar-refractivity contribution >= 4 is 17.5 Å². The predicted octanol–water partition coefficient (Wildman–Crippen LogP) is 6.92. The summed E-state index contributed by atoms with van der Waals surface area (Å²) in [5.41, 5.74) is 6.33. The van der Waals surface area contributed by atoms with Crippen molar-refractivity contribution in [2.45, 2.75) is 42.6 Å². The van der Waals surface area contributed by atoms with Crippen LogP contribution in [0.5, 0.6) is 0 Å². The third-order valence-corrected chi connectivity index (χ3v) is 8.97. The first-order valence-corrected chi connectivity index (χ1v) is 12.8. The molecule has 1 spiro atoms. The van der Waals surface area contributed by atoms with Crippen LogP contribution in [-0.2, 0) is 4.75 Å². The smallest absolute Gasteiger partial charge is 0.162 e. The van der Waals surface area contributed by atoms with Gasteiger partial charge in [0.25, 0.3) is 0 Å². The van der Waals surface area contributed by atoms with E-state index in [0.717, 1.165) is 38.9 Å². The first kappa shape index (κ1) is 22.4. The van der Waals surface area contributed by atoms with Crippen molar-refractivity contribution in [1.29, 1.82) is 0 Å². The molecule has 3 aromatic carbocycles. The van der Waals surface area contributed by atoms with E-state index in [-0.39, 0.29) is 16.3 Å². The van der Waals surface area contributed by atoms with Crippen LogP contribution in [-0.4, -0.2) is 30.3 Å². The molecule has 1 saturated heterocycles. The number of ketones is 1. The summed E-state index contributed by atoms with van der Waals surface area (Å²) in [6.07, 6.45) is 3.64. The van der Waals surface area contributed by atoms with Gasteiger partial charge in [0.2, 0.25) is 0 Å². The fourth-order valence-corrected chi connectivity index (χ4v) is 7.14. The van der Waals surface area contributed by atoms with Crippen molar-refractivity contribution in [3.8, 4) is 0 Å². The van der Waals surface area contributed by atoms with Crippen molar-refractivity contribution in [1.82, 2.24) is 4.90 Å². The van der Waals surface area contributed by atoms with Gasteiger partial charge in [-0.2, -0.15) is 0 Å². The minimum Gasteiger partial charge on any atom is -0.303 e. The van der Waals surface area contributed by atoms with Crippen molar-refractivity contribution in [3.63, 3.8) is 0 Å². The lowest BCUT2D eigenvalue weighted by Gasteiger charge is -2.40. The number of Topliss-reactive ketones (excluding diaryl/α,β-unsaturated/α-hetero) is 1. The van der Waals surface area contributed by atoms with Crippen molar-refractivity contribution in [3.05, 3.63) is 106 Å². The maximum absolute atomic E-state index is 13.1. The highest BCUT2D eigenvalue weighted by molar-refractivity contribution is 8.01. The number of aryl methyl sites for hydroxylation is 1. The van der Waals surface area contributed by atoms with Gasteiger partial charge >= 0.3 is 0 Å². The Bertz CT molecular complexity index is 1130. The molecule has 0 amide bonds. The van der Waals surface area contributed by atoms with Gasteiger partial charge in [0.05, 0.1) is 5.25 Å². The third-order valence-electron chi connectivity index (χ3n) is 7.13. The zero-order valence-corrected chi connectivity index (χ0v) is 19.9. The Morgan fingerprint density at radius 3 is 2.55 bits per heavy atom. The molecule has 1 atom stereocenters. The Labute approximate surface area is 200 Å². The number of thioether (sulfide) groups is 1. The average Bonchev–Trinajstić information content (AvgIpc) is 3.15. The summed E-state index contributed by atoms with van der Waals surface area (Å²) in [4.78, 5) is 14.9. The Morgan fingerprint density at radius 2 is 1.79 bits per heavy atom. The number of halogens is 1. The van der Waals surface area contributed by atoms with Crippen LogP contribution in [0.4, 0.5) is 4.39 Å². The number of carbonyl (C=O) groups excluding carboxylic acids is 1. The predicted molar refractivity (Wildman–Crippen MR) is 134 cm³/mol. The van der Waals surface area contributed by atoms with Crippen LogP contribution in [0, 0.1) is 12.7 Å². The second-order valence-electron chi connectivity index (χ2n) is 9.37. The molecule has 2 aliphatic rings. The summed E-state index contributed by atoms with van der Waals surface area (Å²) in [6, 6.07) is 23.9. The molecule has 4 heteroatoms. The van der Waals surface area contributed by atoms with E-state index < -0.39 is 0 Å². The topological polar surface area (TPSA) is 20.3 Å². The van der Waals surface area contributed by atoms with E-state index in [1.54, 1.807) is 12.1 Å². The zero-order chi connectivity index (χ0) is 22.8. The SMILES string of the molecule is Cc1cccc(C2SC3(CCN(CCCC(=O)c4ccc(F)cc4)CC3)c3ccccc32)c1. The van der Waals surface area contributed by atoms with Crippen LogP contribution in [0.15, 0.2) is 72.8 Å². The Morgan fingerprint density at radius 1 is 1.03 bits per heavy atom. The number of hydrogen-bond donors (Lipinski definition) is 0. The van der Waals surface area contributed by atoms with Crippen molar-refractivity contribution in [2.24, 2.45) is 0 Å². The second-order valence-corrected chi connectivity index (χ2v) is 10.9. The number of fused-ring (bicyclic) bond motifs is 2. The molecule has 0 aliphatic carbocycles. The first-order valence-electron chi connectivity index (χ1n) is 11.9. The monoisotopic (exact) mass is 459 g/mol. The molecule has 0 saturated carbocycles. The van der Waals surface area contributed by atoms with E-state index in [4.69, 9.17) is 0 Å². The zero-order valence-electron chi connectivity index (χ0n) is 19.1. The molecule has 0 aromatic heterocycles. The maximum atomic E-state index is 13.1. The number of hydrogen-bond acceptors (Lipinski definition) is 3. The van der Waals surface area contributed by atoms with E-state index in [2.05, 4.69) is 72.1 Å². The summed E-state index contributed by atoms with van der Waals surface area (Å²) < 4.78 is 13.3. The highest BCUT2D eigenvalue weighted by Crippen LogP contribution is 2.61. The number of benzene rings is 3. The number of carbonyl (C=O) groups is 1. The lowest BCUT2D eigenvalue weighted by atomic mass is 9.84. The Balaban J connectivity index is 1.21. The molecule has 1 fully saturated rings. The highest BCUT2D eigenvalue weighted by atomic mass is 32.2. The van der Waals surface area contributed by atoms with Gasteiger partial charge in [-0.05, 0) is 86.8 Å². The van der Waals surface area contributed by atoms with Crippen LogP contribution >= 0.6 is 11.8 Å². The van der Waals surface area contributed by atoms with Gasteiger partial charge in [-0.3, -0.25) is 4.79 Å². The molecule has 5 rings (SSSR count). The normalized spacial score (nSPS) is 19.5. The molecule has 0 bridgehead atoms. The summed E-state index contributed by atoms with van der Waals surface area (Å²) in [5, 5.41) is 0.404. The van der Waals surface area contributed by atoms with Gasteiger partial charge < -0.3 is 4.90 Å². The molecule has 3 aromatic rings. The average molecular weight is 460 g/mol. The minimum absolute atomic E-state index is 0.102. The number of nitrogens with zero attached hydrogens (tertiary/aromatic N) is 1. The van der Waals surface area contributed by atoms with Crippen LogP contribution in [0.1, 0.15) is 63.5 Å². The Hall–Kier alpha value is -2.43. The van der Waals surface area contributed by atoms with Gasteiger partial charge in [-0.15, -0.1) is 11.8 Å². The van der Waals surface area contributed by atoms with Crippen LogP contribution in [0.25, 0.3) is 0 Å². The number of likely N-dealkylation sites (tertiary alicyclic amines) is 1. The molecular formula is C29H30FNOS. The van der Waals surface area contributed by atoms with Crippen molar-refractivity contribution in [2.75, 3.05) is 19.6 Å². The molecule has 0 radical (unpaired) electrons. The van der Waals surface area contributed by atoms with Crippen LogP contribution < -0.4 is 0 Å². The standard InChI is InChI=1S/C29H30FNOS/c1-21-6-4-7-23(20-21)28-25-8-2-3-9-26(25)29(33-28)15-18-31(19-16-29)17-5-10-27(32)22-11-13-24(30)14-12-22/h2-4,6-9,11-14,20,28H,5,10,15-19H2,1H3. The number of piperidine rings is 1. The summed E-state index contributed by atoms with van der Waals surface area (Å²) in [6.45, 7) is 5.24. The largest absolute Gasteiger partial charge is 0.303 e. The van der Waals surface area contributed by atoms with E-state index in [0.29, 0.717) is 17.2 Å². The molecule has 2 aliphatic heterocycles. The molecule has 2 heterocycles. The van der Waals surface area contributed by atoms with E-state index in [1.807, 2.05) is 0 Å². The molecule has 0 N–H and O–H groups in total. The molecular weight excluding hydrogens is 429 g/mol. The van der Waals surface area contributed by atoms with Crippen LogP contribution in [0.3, 0.4) is 0 Å². The summed E-state index contributed by atoms with van der Waals surface area (Å²) >= 11 is 2.14. The van der Waals surface area contributed by atoms with Crippen LogP contribution in [0.2, 0.25) is 0 Å². The fraction of sp³-hybridized carbons (Fsp3) is 0.345. The van der Waals surface area contributed by atoms with Gasteiger partial charge in [0.1, 0.15) is 5.82 Å². The van der Waals surface area contributed by atoms with E-state index in [9.17, 15) is 9.18 Å². The lowest BCUT2D eigenvalue weighted by molar-refractivity contribution is 0.0971. The quantitative estimate of drug-likeness (QED) is 0.373. The molecule has 170 valence electrons. The van der Waals surface area contributed by atoms with Gasteiger partial charge in [-0.1, -0.05) is 54.1 Å². The maximum Gasteiger partial charge on any atom is 0.162 e. The third kappa shape index (κ3) is 4.64. The summed E-state index contributed by atoms with van der Waals surface area (Å²) in [7, 11) is 0. The van der Waals surface area contributed by atoms with Crippen molar-refractivity contribution < 1.29 is 9.18 Å². The first-order chi connectivity index (χ1) is 16.0. The molecule has 1 unspecified atom stereocenters.